The van der Waals surface area contributed by atoms with Crippen LogP contribution in [0.3, 0.4) is 0 Å². The fraction of sp³-hybridized carbons (Fsp3) is 0.556. The normalized spacial score (nSPS) is 17.9. The van der Waals surface area contributed by atoms with Gasteiger partial charge in [0.1, 0.15) is 6.04 Å². The maximum Gasteiger partial charge on any atom is 0.326 e. The molecule has 0 spiro atoms. The molecule has 24 heavy (non-hydrogen) atoms. The molecule has 6 heteroatoms. The number of rotatable bonds is 7. The first-order valence-corrected chi connectivity index (χ1v) is 8.75. The SMILES string of the molecule is CCCC[C@H](NC(=O)C1(c2ccccc2Cl)CCOCC1)C(=O)O. The first-order valence-electron chi connectivity index (χ1n) is 8.38. The Hall–Kier alpha value is -1.59. The van der Waals surface area contributed by atoms with Gasteiger partial charge in [0.2, 0.25) is 5.91 Å². The lowest BCUT2D eigenvalue weighted by atomic mass is 9.73. The van der Waals surface area contributed by atoms with E-state index in [1.165, 1.54) is 0 Å². The van der Waals surface area contributed by atoms with E-state index in [0.717, 1.165) is 18.4 Å². The van der Waals surface area contributed by atoms with Gasteiger partial charge in [-0.15, -0.1) is 0 Å². The van der Waals surface area contributed by atoms with Crippen LogP contribution in [-0.2, 0) is 19.7 Å². The van der Waals surface area contributed by atoms with E-state index in [1.54, 1.807) is 6.07 Å². The van der Waals surface area contributed by atoms with Crippen LogP contribution >= 0.6 is 11.6 Å². The lowest BCUT2D eigenvalue weighted by Crippen LogP contribution is -2.53. The third-order valence-electron chi connectivity index (χ3n) is 4.62. The molecule has 0 aromatic heterocycles. The maximum atomic E-state index is 13.1. The topological polar surface area (TPSA) is 75.6 Å². The van der Waals surface area contributed by atoms with Gasteiger partial charge >= 0.3 is 5.97 Å². The van der Waals surface area contributed by atoms with Crippen molar-refractivity contribution < 1.29 is 19.4 Å². The van der Waals surface area contributed by atoms with Crippen molar-refractivity contribution in [3.8, 4) is 0 Å². The number of hydrogen-bond donors (Lipinski definition) is 2. The zero-order valence-electron chi connectivity index (χ0n) is 13.9. The third kappa shape index (κ3) is 4.08. The van der Waals surface area contributed by atoms with Gasteiger partial charge < -0.3 is 15.2 Å². The Kier molecular flexibility index (Phi) is 6.63. The van der Waals surface area contributed by atoms with Gasteiger partial charge in [0.05, 0.1) is 5.41 Å². The number of benzene rings is 1. The van der Waals surface area contributed by atoms with Gasteiger partial charge in [-0.1, -0.05) is 49.6 Å². The number of hydrogen-bond acceptors (Lipinski definition) is 3. The Morgan fingerprint density at radius 2 is 2.00 bits per heavy atom. The average Bonchev–Trinajstić information content (AvgIpc) is 2.59. The number of nitrogens with one attached hydrogen (secondary N) is 1. The number of unbranched alkanes of at least 4 members (excludes halogenated alkanes) is 1. The number of carboxylic acid groups (broad SMARTS) is 1. The van der Waals surface area contributed by atoms with Gasteiger partial charge in [-0.05, 0) is 30.9 Å². The van der Waals surface area contributed by atoms with Crippen molar-refractivity contribution in [2.45, 2.75) is 50.5 Å². The largest absolute Gasteiger partial charge is 0.480 e. The van der Waals surface area contributed by atoms with Gasteiger partial charge in [0.15, 0.2) is 0 Å². The highest BCUT2D eigenvalue weighted by Crippen LogP contribution is 2.39. The van der Waals surface area contributed by atoms with Crippen LogP contribution in [0.25, 0.3) is 0 Å². The highest BCUT2D eigenvalue weighted by atomic mass is 35.5. The summed E-state index contributed by atoms with van der Waals surface area (Å²) >= 11 is 6.34. The van der Waals surface area contributed by atoms with E-state index in [-0.39, 0.29) is 5.91 Å². The molecule has 1 fully saturated rings. The van der Waals surface area contributed by atoms with E-state index in [9.17, 15) is 14.7 Å². The molecular weight excluding hydrogens is 330 g/mol. The summed E-state index contributed by atoms with van der Waals surface area (Å²) in [6.07, 6.45) is 3.03. The molecule has 1 aromatic carbocycles. The van der Waals surface area contributed by atoms with Crippen molar-refractivity contribution in [1.29, 1.82) is 0 Å². The number of amides is 1. The Morgan fingerprint density at radius 3 is 2.58 bits per heavy atom. The molecule has 1 heterocycles. The maximum absolute atomic E-state index is 13.1. The molecule has 1 aliphatic heterocycles. The summed E-state index contributed by atoms with van der Waals surface area (Å²) in [6.45, 7) is 2.89. The number of aliphatic carboxylic acids is 1. The standard InChI is InChI=1S/C18H24ClNO4/c1-2-3-8-15(16(21)22)20-17(23)18(9-11-24-12-10-18)13-6-4-5-7-14(13)19/h4-7,15H,2-3,8-12H2,1H3,(H,20,23)(H,21,22)/t15-/m0/s1. The first-order chi connectivity index (χ1) is 11.5. The molecule has 5 nitrogen and oxygen atoms in total. The van der Waals surface area contributed by atoms with Crippen molar-refractivity contribution in [1.82, 2.24) is 5.32 Å². The minimum absolute atomic E-state index is 0.276. The van der Waals surface area contributed by atoms with E-state index in [4.69, 9.17) is 16.3 Å². The molecule has 2 N–H and O–H groups in total. The first kappa shape index (κ1) is 18.7. The fourth-order valence-electron chi connectivity index (χ4n) is 3.15. The minimum Gasteiger partial charge on any atom is -0.480 e. The number of carbonyl (C=O) groups excluding carboxylic acids is 1. The van der Waals surface area contributed by atoms with Crippen molar-refractivity contribution >= 4 is 23.5 Å². The molecule has 1 atom stereocenters. The molecule has 1 aromatic rings. The third-order valence-corrected chi connectivity index (χ3v) is 4.95. The van der Waals surface area contributed by atoms with Crippen LogP contribution in [0.2, 0.25) is 5.02 Å². The molecular formula is C18H24ClNO4. The second-order valence-corrected chi connectivity index (χ2v) is 6.59. The van der Waals surface area contributed by atoms with Gasteiger partial charge in [0.25, 0.3) is 0 Å². The van der Waals surface area contributed by atoms with Gasteiger partial charge in [-0.25, -0.2) is 4.79 Å². The van der Waals surface area contributed by atoms with Crippen LogP contribution in [0.5, 0.6) is 0 Å². The van der Waals surface area contributed by atoms with E-state index in [1.807, 2.05) is 25.1 Å². The van der Waals surface area contributed by atoms with Crippen LogP contribution in [0, 0.1) is 0 Å². The van der Waals surface area contributed by atoms with E-state index >= 15 is 0 Å². The summed E-state index contributed by atoms with van der Waals surface area (Å²) in [5, 5.41) is 12.6. The monoisotopic (exact) mass is 353 g/mol. The smallest absolute Gasteiger partial charge is 0.326 e. The molecule has 0 unspecified atom stereocenters. The minimum atomic E-state index is -1.00. The number of halogens is 1. The van der Waals surface area contributed by atoms with E-state index < -0.39 is 17.4 Å². The van der Waals surface area contributed by atoms with Crippen molar-refractivity contribution in [2.75, 3.05) is 13.2 Å². The van der Waals surface area contributed by atoms with E-state index in [2.05, 4.69) is 5.32 Å². The second-order valence-electron chi connectivity index (χ2n) is 6.18. The predicted molar refractivity (Wildman–Crippen MR) is 92.3 cm³/mol. The number of ether oxygens (including phenoxy) is 1. The molecule has 2 rings (SSSR count). The van der Waals surface area contributed by atoms with Crippen molar-refractivity contribution in [2.24, 2.45) is 0 Å². The summed E-state index contributed by atoms with van der Waals surface area (Å²) in [7, 11) is 0. The zero-order chi connectivity index (χ0) is 17.6. The summed E-state index contributed by atoms with van der Waals surface area (Å²) < 4.78 is 5.41. The fourth-order valence-corrected chi connectivity index (χ4v) is 3.47. The molecule has 132 valence electrons. The van der Waals surface area contributed by atoms with Crippen LogP contribution in [0.15, 0.2) is 24.3 Å². The van der Waals surface area contributed by atoms with Gasteiger partial charge in [-0.3, -0.25) is 4.79 Å². The van der Waals surface area contributed by atoms with Crippen LogP contribution in [0.1, 0.15) is 44.6 Å². The molecule has 0 bridgehead atoms. The molecule has 1 amide bonds. The quantitative estimate of drug-likeness (QED) is 0.789. The second kappa shape index (κ2) is 8.49. The van der Waals surface area contributed by atoms with Crippen molar-refractivity contribution in [3.63, 3.8) is 0 Å². The van der Waals surface area contributed by atoms with Gasteiger partial charge in [-0.2, -0.15) is 0 Å². The summed E-state index contributed by atoms with van der Waals surface area (Å²) in [5.41, 5.74) is -0.0941. The van der Waals surface area contributed by atoms with Crippen LogP contribution in [0.4, 0.5) is 0 Å². The van der Waals surface area contributed by atoms with Gasteiger partial charge in [0, 0.05) is 18.2 Å². The van der Waals surface area contributed by atoms with Crippen LogP contribution in [-0.4, -0.2) is 36.2 Å². The zero-order valence-corrected chi connectivity index (χ0v) is 14.6. The highest BCUT2D eigenvalue weighted by Gasteiger charge is 2.44. The summed E-state index contributed by atoms with van der Waals surface area (Å²) in [6, 6.07) is 6.39. The molecule has 0 saturated carbocycles. The lowest BCUT2D eigenvalue weighted by molar-refractivity contribution is -0.144. The molecule has 1 aliphatic rings. The summed E-state index contributed by atoms with van der Waals surface area (Å²) in [5.74, 6) is -1.28. The number of carboxylic acids is 1. The molecule has 1 saturated heterocycles. The Labute approximate surface area is 147 Å². The van der Waals surface area contributed by atoms with Crippen LogP contribution < -0.4 is 5.32 Å². The lowest BCUT2D eigenvalue weighted by Gasteiger charge is -2.37. The molecule has 0 radical (unpaired) electrons. The average molecular weight is 354 g/mol. The predicted octanol–water partition coefficient (Wildman–Crippen LogP) is 3.15. The Bertz CT molecular complexity index is 584. The summed E-state index contributed by atoms with van der Waals surface area (Å²) in [4.78, 5) is 24.5. The van der Waals surface area contributed by atoms with Crippen molar-refractivity contribution in [3.05, 3.63) is 34.9 Å². The molecule has 0 aliphatic carbocycles. The Balaban J connectivity index is 2.29. The highest BCUT2D eigenvalue weighted by molar-refractivity contribution is 6.31. The van der Waals surface area contributed by atoms with E-state index in [0.29, 0.717) is 37.5 Å². The number of carbonyl (C=O) groups is 2. The Morgan fingerprint density at radius 1 is 1.33 bits per heavy atom.